The van der Waals surface area contributed by atoms with Crippen LogP contribution in [0.2, 0.25) is 0 Å². The molecular formula is C19H18FN3O2S. The minimum absolute atomic E-state index is 0.0777. The van der Waals surface area contributed by atoms with Crippen LogP contribution in [0.15, 0.2) is 30.5 Å². The van der Waals surface area contributed by atoms with Gasteiger partial charge in [0.05, 0.1) is 0 Å². The number of thiazole rings is 1. The van der Waals surface area contributed by atoms with E-state index < -0.39 is 0 Å². The lowest BCUT2D eigenvalue weighted by atomic mass is 10.1. The van der Waals surface area contributed by atoms with Crippen LogP contribution in [0.3, 0.4) is 0 Å². The quantitative estimate of drug-likeness (QED) is 0.658. The molecule has 5 nitrogen and oxygen atoms in total. The average molecular weight is 371 g/mol. The standard InChI is InChI=1S/C19H18FN3O2S/c1-10-16(12(3)24)11(2)22-17(10)18(25)23-19-21-9-15(26-19)8-13-4-6-14(20)7-5-13/h4-7,9,22H,8H2,1-3H3,(H,21,23,25). The molecule has 1 aromatic carbocycles. The summed E-state index contributed by atoms with van der Waals surface area (Å²) in [6.07, 6.45) is 2.31. The third-order valence-corrected chi connectivity index (χ3v) is 5.00. The molecule has 0 atom stereocenters. The Bertz CT molecular complexity index is 973. The largest absolute Gasteiger partial charge is 0.354 e. The Balaban J connectivity index is 1.73. The van der Waals surface area contributed by atoms with E-state index in [2.05, 4.69) is 15.3 Å². The molecule has 0 saturated carbocycles. The van der Waals surface area contributed by atoms with Crippen molar-refractivity contribution in [2.75, 3.05) is 5.32 Å². The zero-order chi connectivity index (χ0) is 18.8. The second-order valence-corrected chi connectivity index (χ2v) is 7.19. The maximum absolute atomic E-state index is 13.0. The van der Waals surface area contributed by atoms with Gasteiger partial charge in [-0.15, -0.1) is 11.3 Å². The first kappa shape index (κ1) is 18.0. The molecule has 7 heteroatoms. The molecule has 0 bridgehead atoms. The minimum Gasteiger partial charge on any atom is -0.354 e. The van der Waals surface area contributed by atoms with Crippen LogP contribution in [0, 0.1) is 19.7 Å². The van der Waals surface area contributed by atoms with Gasteiger partial charge in [0.2, 0.25) is 0 Å². The monoisotopic (exact) mass is 371 g/mol. The summed E-state index contributed by atoms with van der Waals surface area (Å²) in [7, 11) is 0. The molecule has 0 spiro atoms. The van der Waals surface area contributed by atoms with Crippen molar-refractivity contribution in [1.82, 2.24) is 9.97 Å². The van der Waals surface area contributed by atoms with Crippen LogP contribution >= 0.6 is 11.3 Å². The molecule has 2 aromatic heterocycles. The van der Waals surface area contributed by atoms with E-state index in [1.54, 1.807) is 32.2 Å². The highest BCUT2D eigenvalue weighted by molar-refractivity contribution is 7.15. The van der Waals surface area contributed by atoms with Crippen molar-refractivity contribution in [3.05, 3.63) is 69.2 Å². The molecule has 0 aliphatic carbocycles. The number of aromatic amines is 1. The number of carbonyl (C=O) groups is 2. The summed E-state index contributed by atoms with van der Waals surface area (Å²) in [6.45, 7) is 5.00. The molecule has 134 valence electrons. The Morgan fingerprint density at radius 3 is 2.54 bits per heavy atom. The van der Waals surface area contributed by atoms with E-state index in [0.29, 0.717) is 34.1 Å². The maximum Gasteiger partial charge on any atom is 0.274 e. The van der Waals surface area contributed by atoms with Gasteiger partial charge in [0.25, 0.3) is 5.91 Å². The number of Topliss-reactive ketones (excluding diaryl/α,β-unsaturated/α-hetero) is 1. The summed E-state index contributed by atoms with van der Waals surface area (Å²) in [5.41, 5.74) is 3.19. The van der Waals surface area contributed by atoms with E-state index in [1.165, 1.54) is 30.4 Å². The second-order valence-electron chi connectivity index (χ2n) is 6.07. The summed E-state index contributed by atoms with van der Waals surface area (Å²) < 4.78 is 13.0. The van der Waals surface area contributed by atoms with E-state index in [1.807, 2.05) is 0 Å². The first-order valence-electron chi connectivity index (χ1n) is 8.05. The van der Waals surface area contributed by atoms with Crippen molar-refractivity contribution in [2.24, 2.45) is 0 Å². The van der Waals surface area contributed by atoms with Gasteiger partial charge in [-0.05, 0) is 44.0 Å². The summed E-state index contributed by atoms with van der Waals surface area (Å²) in [5.74, 6) is -0.681. The van der Waals surface area contributed by atoms with Gasteiger partial charge in [-0.1, -0.05) is 12.1 Å². The van der Waals surface area contributed by atoms with E-state index in [0.717, 1.165) is 10.4 Å². The third-order valence-electron chi connectivity index (χ3n) is 4.08. The number of nitrogens with zero attached hydrogens (tertiary/aromatic N) is 1. The summed E-state index contributed by atoms with van der Waals surface area (Å²) in [5, 5.41) is 3.23. The van der Waals surface area contributed by atoms with Crippen molar-refractivity contribution < 1.29 is 14.0 Å². The SMILES string of the molecule is CC(=O)c1c(C)[nH]c(C(=O)Nc2ncc(Cc3ccc(F)cc3)s2)c1C. The summed E-state index contributed by atoms with van der Waals surface area (Å²) in [6, 6.07) is 6.29. The molecule has 0 radical (unpaired) electrons. The maximum atomic E-state index is 13.0. The molecule has 0 aliphatic rings. The molecule has 0 saturated heterocycles. The lowest BCUT2D eigenvalue weighted by Crippen LogP contribution is -2.13. The molecule has 0 unspecified atom stereocenters. The fourth-order valence-electron chi connectivity index (χ4n) is 2.92. The van der Waals surface area contributed by atoms with Crippen molar-refractivity contribution in [2.45, 2.75) is 27.2 Å². The number of halogens is 1. The van der Waals surface area contributed by atoms with Crippen LogP contribution in [-0.2, 0) is 6.42 Å². The van der Waals surface area contributed by atoms with Crippen molar-refractivity contribution in [3.8, 4) is 0 Å². The van der Waals surface area contributed by atoms with Crippen LogP contribution in [0.5, 0.6) is 0 Å². The summed E-state index contributed by atoms with van der Waals surface area (Å²) >= 11 is 1.36. The molecule has 0 aliphatic heterocycles. The van der Waals surface area contributed by atoms with E-state index in [4.69, 9.17) is 0 Å². The van der Waals surface area contributed by atoms with Gasteiger partial charge in [-0.2, -0.15) is 0 Å². The first-order valence-corrected chi connectivity index (χ1v) is 8.87. The number of ketones is 1. The van der Waals surface area contributed by atoms with E-state index in [9.17, 15) is 14.0 Å². The molecule has 2 N–H and O–H groups in total. The highest BCUT2D eigenvalue weighted by Crippen LogP contribution is 2.24. The van der Waals surface area contributed by atoms with Gasteiger partial charge in [0, 0.05) is 28.8 Å². The van der Waals surface area contributed by atoms with Gasteiger partial charge in [0.1, 0.15) is 11.5 Å². The number of nitrogens with one attached hydrogen (secondary N) is 2. The molecular weight excluding hydrogens is 353 g/mol. The number of hydrogen-bond acceptors (Lipinski definition) is 4. The number of benzene rings is 1. The molecule has 0 fully saturated rings. The molecule has 1 amide bonds. The number of anilines is 1. The number of aryl methyl sites for hydroxylation is 1. The number of aromatic nitrogens is 2. The Morgan fingerprint density at radius 1 is 1.23 bits per heavy atom. The highest BCUT2D eigenvalue weighted by atomic mass is 32.1. The fourth-order valence-corrected chi connectivity index (χ4v) is 3.76. The number of rotatable bonds is 5. The number of amides is 1. The van der Waals surface area contributed by atoms with Crippen LogP contribution in [0.25, 0.3) is 0 Å². The van der Waals surface area contributed by atoms with Crippen LogP contribution in [0.1, 0.15) is 49.5 Å². The first-order chi connectivity index (χ1) is 12.3. The number of hydrogen-bond donors (Lipinski definition) is 2. The average Bonchev–Trinajstić information content (AvgIpc) is 3.13. The van der Waals surface area contributed by atoms with Gasteiger partial charge >= 0.3 is 0 Å². The molecule has 3 aromatic rings. The fraction of sp³-hybridized carbons (Fsp3) is 0.211. The lowest BCUT2D eigenvalue weighted by Gasteiger charge is -2.01. The van der Waals surface area contributed by atoms with Crippen LogP contribution in [-0.4, -0.2) is 21.7 Å². The Kier molecular flexibility index (Phi) is 4.99. The van der Waals surface area contributed by atoms with Gasteiger partial charge in [-0.25, -0.2) is 9.37 Å². The van der Waals surface area contributed by atoms with E-state index >= 15 is 0 Å². The van der Waals surface area contributed by atoms with Crippen LogP contribution < -0.4 is 5.32 Å². The van der Waals surface area contributed by atoms with Crippen molar-refractivity contribution in [1.29, 1.82) is 0 Å². The van der Waals surface area contributed by atoms with Gasteiger partial charge in [-0.3, -0.25) is 14.9 Å². The normalized spacial score (nSPS) is 10.8. The summed E-state index contributed by atoms with van der Waals surface area (Å²) in [4.78, 5) is 32.3. The predicted molar refractivity (Wildman–Crippen MR) is 99.5 cm³/mol. The Labute approximate surface area is 154 Å². The zero-order valence-corrected chi connectivity index (χ0v) is 15.5. The number of carbonyl (C=O) groups excluding carboxylic acids is 2. The molecule has 2 heterocycles. The molecule has 26 heavy (non-hydrogen) atoms. The predicted octanol–water partition coefficient (Wildman–Crippen LogP) is 4.27. The lowest BCUT2D eigenvalue weighted by molar-refractivity contribution is 0.101. The Hall–Kier alpha value is -2.80. The zero-order valence-electron chi connectivity index (χ0n) is 14.6. The van der Waals surface area contributed by atoms with Crippen molar-refractivity contribution in [3.63, 3.8) is 0 Å². The Morgan fingerprint density at radius 2 is 1.92 bits per heavy atom. The topological polar surface area (TPSA) is 74.8 Å². The smallest absolute Gasteiger partial charge is 0.274 e. The van der Waals surface area contributed by atoms with Crippen molar-refractivity contribution >= 4 is 28.2 Å². The number of H-pyrrole nitrogens is 1. The van der Waals surface area contributed by atoms with Crippen LogP contribution in [0.4, 0.5) is 9.52 Å². The van der Waals surface area contributed by atoms with Gasteiger partial charge < -0.3 is 4.98 Å². The van der Waals surface area contributed by atoms with E-state index in [-0.39, 0.29) is 17.5 Å². The molecule has 3 rings (SSSR count). The minimum atomic E-state index is -0.333. The highest BCUT2D eigenvalue weighted by Gasteiger charge is 2.20. The van der Waals surface area contributed by atoms with Gasteiger partial charge in [0.15, 0.2) is 10.9 Å². The third kappa shape index (κ3) is 3.72. The second kappa shape index (κ2) is 7.21.